The van der Waals surface area contributed by atoms with Crippen molar-refractivity contribution in [2.24, 2.45) is 0 Å². The molecule has 0 amide bonds. The molecule has 1 aromatic rings. The predicted molar refractivity (Wildman–Crippen MR) is 80.4 cm³/mol. The van der Waals surface area contributed by atoms with Crippen molar-refractivity contribution >= 4 is 26.6 Å². The number of phenols is 1. The molecule has 17 heavy (non-hydrogen) atoms. The minimum Gasteiger partial charge on any atom is -0.508 e. The van der Waals surface area contributed by atoms with Gasteiger partial charge in [-0.1, -0.05) is 0 Å². The molecule has 1 aliphatic rings. The summed E-state index contributed by atoms with van der Waals surface area (Å²) in [6, 6.07) is 5.55. The standard InChI is InChI=1S/C12H20N2OS2/c1-17(2,16)14-6-5-9-8-13-12-4-3-10(15)7-11(9)12/h3-4,7,9,13-16H,5-6,8H2,1-2H3. The van der Waals surface area contributed by atoms with E-state index >= 15 is 0 Å². The van der Waals surface area contributed by atoms with Crippen molar-refractivity contribution in [3.05, 3.63) is 23.8 Å². The van der Waals surface area contributed by atoms with E-state index in [-0.39, 0.29) is 0 Å². The van der Waals surface area contributed by atoms with Crippen molar-refractivity contribution in [3.8, 4) is 5.75 Å². The van der Waals surface area contributed by atoms with E-state index in [1.54, 1.807) is 6.07 Å². The van der Waals surface area contributed by atoms with Gasteiger partial charge in [0.1, 0.15) is 5.75 Å². The quantitative estimate of drug-likeness (QED) is 0.387. The molecule has 0 radical (unpaired) electrons. The van der Waals surface area contributed by atoms with Gasteiger partial charge in [-0.2, -0.15) is 0 Å². The third kappa shape index (κ3) is 3.47. The molecule has 0 saturated carbocycles. The number of benzene rings is 1. The Balaban J connectivity index is 1.95. The van der Waals surface area contributed by atoms with Crippen LogP contribution in [0.1, 0.15) is 17.9 Å². The van der Waals surface area contributed by atoms with Crippen LogP contribution in [-0.4, -0.2) is 30.7 Å². The number of rotatable bonds is 4. The van der Waals surface area contributed by atoms with E-state index in [1.165, 1.54) is 5.56 Å². The summed E-state index contributed by atoms with van der Waals surface area (Å²) in [7, 11) is -0.927. The Hall–Kier alpha value is -0.520. The molecule has 1 unspecified atom stereocenters. The summed E-state index contributed by atoms with van der Waals surface area (Å²) in [6.07, 6.45) is 5.33. The van der Waals surface area contributed by atoms with Crippen LogP contribution in [0.25, 0.3) is 0 Å². The fourth-order valence-electron chi connectivity index (χ4n) is 2.13. The first-order chi connectivity index (χ1) is 7.96. The van der Waals surface area contributed by atoms with Crippen LogP contribution in [0.2, 0.25) is 0 Å². The topological polar surface area (TPSA) is 44.3 Å². The van der Waals surface area contributed by atoms with E-state index in [9.17, 15) is 5.11 Å². The number of thiol groups is 1. The first-order valence-electron chi connectivity index (χ1n) is 5.73. The van der Waals surface area contributed by atoms with E-state index in [1.807, 2.05) is 12.1 Å². The highest BCUT2D eigenvalue weighted by Gasteiger charge is 2.22. The largest absolute Gasteiger partial charge is 0.508 e. The van der Waals surface area contributed by atoms with Crippen LogP contribution in [0, 0.1) is 0 Å². The van der Waals surface area contributed by atoms with Gasteiger partial charge >= 0.3 is 0 Å². The molecule has 0 fully saturated rings. The van der Waals surface area contributed by atoms with Gasteiger partial charge in [0.05, 0.1) is 0 Å². The molecule has 3 N–H and O–H groups in total. The molecular weight excluding hydrogens is 252 g/mol. The van der Waals surface area contributed by atoms with E-state index in [0.717, 1.165) is 25.2 Å². The van der Waals surface area contributed by atoms with Crippen LogP contribution in [0.3, 0.4) is 0 Å². The Morgan fingerprint density at radius 3 is 3.00 bits per heavy atom. The number of fused-ring (bicyclic) bond motifs is 1. The highest BCUT2D eigenvalue weighted by atomic mass is 33.1. The van der Waals surface area contributed by atoms with Gasteiger partial charge in [-0.25, -0.2) is 0 Å². The minimum absolute atomic E-state index is 0.352. The number of aromatic hydroxyl groups is 1. The molecular formula is C12H20N2OS2. The minimum atomic E-state index is -0.927. The summed E-state index contributed by atoms with van der Waals surface area (Å²) in [5.74, 6) is 0.838. The normalized spacial score (nSPS) is 19.8. The number of phenolic OH excluding ortho intramolecular Hbond substituents is 1. The zero-order valence-electron chi connectivity index (χ0n) is 10.2. The van der Waals surface area contributed by atoms with Crippen LogP contribution in [0.15, 0.2) is 18.2 Å². The molecule has 1 aromatic carbocycles. The molecule has 0 aromatic heterocycles. The summed E-state index contributed by atoms with van der Waals surface area (Å²) in [6.45, 7) is 1.93. The van der Waals surface area contributed by atoms with Crippen molar-refractivity contribution in [3.63, 3.8) is 0 Å². The van der Waals surface area contributed by atoms with Gasteiger partial charge in [-0.05, 0) is 42.7 Å². The lowest BCUT2D eigenvalue weighted by Gasteiger charge is -2.26. The van der Waals surface area contributed by atoms with E-state index in [0.29, 0.717) is 11.7 Å². The fraction of sp³-hybridized carbons (Fsp3) is 0.500. The Labute approximate surface area is 109 Å². The van der Waals surface area contributed by atoms with Gasteiger partial charge in [0.15, 0.2) is 0 Å². The molecule has 0 aliphatic carbocycles. The average molecular weight is 272 g/mol. The lowest BCUT2D eigenvalue weighted by atomic mass is 9.98. The lowest BCUT2D eigenvalue weighted by molar-refractivity contribution is 0.474. The van der Waals surface area contributed by atoms with E-state index < -0.39 is 9.25 Å². The van der Waals surface area contributed by atoms with Crippen molar-refractivity contribution < 1.29 is 5.11 Å². The first kappa shape index (κ1) is 12.9. The van der Waals surface area contributed by atoms with Crippen LogP contribution in [0.4, 0.5) is 5.69 Å². The summed E-state index contributed by atoms with van der Waals surface area (Å²) in [5, 5.41) is 12.9. The van der Waals surface area contributed by atoms with Gasteiger partial charge in [-0.15, -0.1) is 20.9 Å². The number of hydrogen-bond acceptors (Lipinski definition) is 4. The maximum Gasteiger partial charge on any atom is 0.116 e. The van der Waals surface area contributed by atoms with Crippen molar-refractivity contribution in [2.45, 2.75) is 12.3 Å². The first-order valence-corrected chi connectivity index (χ1v) is 9.23. The second-order valence-electron chi connectivity index (χ2n) is 4.81. The second kappa shape index (κ2) is 5.00. The average Bonchev–Trinajstić information content (AvgIpc) is 2.59. The van der Waals surface area contributed by atoms with Gasteiger partial charge < -0.3 is 10.4 Å². The second-order valence-corrected chi connectivity index (χ2v) is 10.4. The zero-order chi connectivity index (χ0) is 12.5. The third-order valence-corrected chi connectivity index (χ3v) is 4.26. The van der Waals surface area contributed by atoms with Gasteiger partial charge in [-0.3, -0.25) is 4.72 Å². The van der Waals surface area contributed by atoms with Gasteiger partial charge in [0.2, 0.25) is 0 Å². The molecule has 1 aliphatic heterocycles. The maximum atomic E-state index is 9.52. The predicted octanol–water partition coefficient (Wildman–Crippen LogP) is 2.71. The molecule has 5 heteroatoms. The van der Waals surface area contributed by atoms with Crippen molar-refractivity contribution in [2.75, 3.05) is 30.9 Å². The molecule has 1 heterocycles. The molecule has 3 nitrogen and oxygen atoms in total. The Morgan fingerprint density at radius 2 is 2.29 bits per heavy atom. The monoisotopic (exact) mass is 272 g/mol. The van der Waals surface area contributed by atoms with Crippen LogP contribution >= 0.6 is 20.9 Å². The maximum absolute atomic E-state index is 9.52. The van der Waals surface area contributed by atoms with Crippen LogP contribution < -0.4 is 10.0 Å². The van der Waals surface area contributed by atoms with Crippen LogP contribution in [-0.2, 0) is 0 Å². The Bertz CT molecular complexity index is 404. The summed E-state index contributed by atoms with van der Waals surface area (Å²) < 4.78 is 3.45. The van der Waals surface area contributed by atoms with Crippen LogP contribution in [0.5, 0.6) is 5.75 Å². The van der Waals surface area contributed by atoms with Crippen molar-refractivity contribution in [1.82, 2.24) is 4.72 Å². The Morgan fingerprint density at radius 1 is 1.53 bits per heavy atom. The zero-order valence-corrected chi connectivity index (χ0v) is 11.9. The highest BCUT2D eigenvalue weighted by Crippen LogP contribution is 2.40. The molecule has 2 rings (SSSR count). The summed E-state index contributed by atoms with van der Waals surface area (Å²) in [4.78, 5) is 0. The fourth-order valence-corrected chi connectivity index (χ4v) is 3.02. The third-order valence-electron chi connectivity index (χ3n) is 2.96. The smallest absolute Gasteiger partial charge is 0.116 e. The molecule has 0 bridgehead atoms. The highest BCUT2D eigenvalue weighted by molar-refractivity contribution is 8.86. The summed E-state index contributed by atoms with van der Waals surface area (Å²) in [5.41, 5.74) is 2.39. The van der Waals surface area contributed by atoms with E-state index in [2.05, 4.69) is 34.2 Å². The number of anilines is 1. The molecule has 96 valence electrons. The number of hydrogen-bond donors (Lipinski definition) is 4. The Kier molecular flexibility index (Phi) is 3.80. The van der Waals surface area contributed by atoms with E-state index in [4.69, 9.17) is 0 Å². The molecule has 1 atom stereocenters. The van der Waals surface area contributed by atoms with Crippen molar-refractivity contribution in [1.29, 1.82) is 0 Å². The molecule has 0 saturated heterocycles. The molecule has 0 spiro atoms. The van der Waals surface area contributed by atoms with Gasteiger partial charge in [0.25, 0.3) is 0 Å². The number of nitrogens with one attached hydrogen (secondary N) is 2. The lowest BCUT2D eigenvalue weighted by Crippen LogP contribution is -2.18. The van der Waals surface area contributed by atoms with Gasteiger partial charge in [0, 0.05) is 24.7 Å². The SMILES string of the molecule is CS(C)(S)NCCC1CNc2ccc(O)cc21. The summed E-state index contributed by atoms with van der Waals surface area (Å²) >= 11 is 4.52.